The number of allylic oxidation sites excluding steroid dienone is 1. The Hall–Kier alpha value is -2.91. The second-order valence-electron chi connectivity index (χ2n) is 14.4. The van der Waals surface area contributed by atoms with Crippen molar-refractivity contribution in [3.63, 3.8) is 0 Å². The number of ether oxygens (including phenoxy) is 2. The van der Waals surface area contributed by atoms with E-state index in [2.05, 4.69) is 85.2 Å². The van der Waals surface area contributed by atoms with Gasteiger partial charge in [0.2, 0.25) is 24.3 Å². The molecule has 3 amide bonds. The van der Waals surface area contributed by atoms with Crippen LogP contribution in [0.15, 0.2) is 30.3 Å². The Bertz CT molecular complexity index is 1360. The van der Waals surface area contributed by atoms with Crippen molar-refractivity contribution < 1.29 is 32.9 Å². The Morgan fingerprint density at radius 1 is 0.962 bits per heavy atom. The van der Waals surface area contributed by atoms with Gasteiger partial charge in [0.1, 0.15) is 12.6 Å². The average molecular weight is 744 g/mol. The number of rotatable bonds is 22. The van der Waals surface area contributed by atoms with Gasteiger partial charge in [0.05, 0.1) is 18.8 Å². The standard InChI is InChI=1S/C39H62N5O7P/c1-26(2)44(27(3)4)52(50-23-20-40-9)49-22-15-11-10-14-21-48-39-37(43-31(8)46)29(6)28(5)36(51-39)25-41-38(47)35(42-30(7)45)24-33-19-18-32-16-12-13-17-34(32)33/h12-13,16-17,19,26-29,35-37,39H,10-11,14-15,18,20-25H2,1-8H3,(H,41,47)(H,42,45)(H,43,46). The Balaban J connectivity index is 1.50. The highest BCUT2D eigenvalue weighted by atomic mass is 31.2. The summed E-state index contributed by atoms with van der Waals surface area (Å²) in [4.78, 5) is 41.1. The van der Waals surface area contributed by atoms with Crippen LogP contribution in [0.5, 0.6) is 0 Å². The number of carbonyl (C=O) groups excluding carboxylic acids is 3. The third kappa shape index (κ3) is 13.5. The van der Waals surface area contributed by atoms with Gasteiger partial charge in [-0.15, -0.1) is 0 Å². The first-order valence-electron chi connectivity index (χ1n) is 18.9. The Morgan fingerprint density at radius 2 is 1.63 bits per heavy atom. The van der Waals surface area contributed by atoms with Crippen LogP contribution < -0.4 is 16.0 Å². The van der Waals surface area contributed by atoms with Crippen molar-refractivity contribution in [3.8, 4) is 0 Å². The van der Waals surface area contributed by atoms with Crippen molar-refractivity contribution in [2.75, 3.05) is 32.9 Å². The van der Waals surface area contributed by atoms with E-state index in [0.29, 0.717) is 32.8 Å². The number of unbranched alkanes of at least 4 members (excludes halogenated alkanes) is 3. The number of carbonyl (C=O) groups is 3. The smallest absolute Gasteiger partial charge is 0.259 e. The molecule has 0 saturated carbocycles. The largest absolute Gasteiger partial charge is 0.352 e. The molecule has 0 bridgehead atoms. The fraction of sp³-hybridized carbons (Fsp3) is 0.692. The zero-order valence-electron chi connectivity index (χ0n) is 32.5. The SMILES string of the molecule is [C-]#[N+]CCOP(OCCCCCCOC1OC(CNC(=O)C(CC2=CCc3ccccc32)NC(C)=O)C(C)C(C)C1NC(C)=O)N(C(C)C)C(C)C. The molecular formula is C39H62N5O7P. The topological polar surface area (TPSA) is 132 Å². The lowest BCUT2D eigenvalue weighted by atomic mass is 9.82. The van der Waals surface area contributed by atoms with Crippen LogP contribution in [-0.2, 0) is 39.3 Å². The first-order chi connectivity index (χ1) is 24.8. The van der Waals surface area contributed by atoms with Gasteiger partial charge < -0.3 is 39.3 Å². The van der Waals surface area contributed by atoms with Crippen molar-refractivity contribution in [2.24, 2.45) is 11.8 Å². The van der Waals surface area contributed by atoms with E-state index in [1.807, 2.05) is 12.1 Å². The molecule has 1 aromatic rings. The van der Waals surface area contributed by atoms with Crippen molar-refractivity contribution in [3.05, 3.63) is 52.9 Å². The fourth-order valence-corrected chi connectivity index (χ4v) is 8.48. The van der Waals surface area contributed by atoms with Gasteiger partial charge in [-0.25, -0.2) is 11.2 Å². The van der Waals surface area contributed by atoms with E-state index < -0.39 is 20.9 Å². The minimum absolute atomic E-state index is 0.0128. The summed E-state index contributed by atoms with van der Waals surface area (Å²) in [6.45, 7) is 24.6. The van der Waals surface area contributed by atoms with Gasteiger partial charge in [0.25, 0.3) is 8.53 Å². The van der Waals surface area contributed by atoms with Gasteiger partial charge in [-0.2, -0.15) is 0 Å². The Kier molecular flexibility index (Phi) is 18.7. The summed E-state index contributed by atoms with van der Waals surface area (Å²) in [5.74, 6) is -0.647. The third-order valence-corrected chi connectivity index (χ3v) is 11.8. The average Bonchev–Trinajstić information content (AvgIpc) is 3.49. The van der Waals surface area contributed by atoms with Gasteiger partial charge in [-0.1, -0.05) is 57.0 Å². The molecule has 1 aliphatic carbocycles. The molecule has 13 heteroatoms. The molecule has 7 atom stereocenters. The third-order valence-electron chi connectivity index (χ3n) is 9.66. The quantitative estimate of drug-likeness (QED) is 0.0748. The van der Waals surface area contributed by atoms with Crippen LogP contribution in [0.1, 0.15) is 98.6 Å². The molecule has 12 nitrogen and oxygen atoms in total. The number of nitrogens with zero attached hydrogens (tertiary/aromatic N) is 2. The number of hydrogen-bond acceptors (Lipinski definition) is 8. The highest BCUT2D eigenvalue weighted by Gasteiger charge is 2.43. The Labute approximate surface area is 312 Å². The van der Waals surface area contributed by atoms with Crippen molar-refractivity contribution >= 4 is 31.8 Å². The van der Waals surface area contributed by atoms with E-state index >= 15 is 0 Å². The number of nitrogens with one attached hydrogen (secondary N) is 3. The molecular weight excluding hydrogens is 681 g/mol. The van der Waals surface area contributed by atoms with Crippen LogP contribution in [0.2, 0.25) is 0 Å². The molecule has 3 rings (SSSR count). The van der Waals surface area contributed by atoms with Gasteiger partial charge in [-0.3, -0.25) is 14.4 Å². The van der Waals surface area contributed by atoms with E-state index in [4.69, 9.17) is 25.1 Å². The maximum atomic E-state index is 13.5. The number of benzene rings is 1. The first-order valence-corrected chi connectivity index (χ1v) is 20.0. The molecule has 1 fully saturated rings. The van der Waals surface area contributed by atoms with Crippen LogP contribution in [0.3, 0.4) is 0 Å². The molecule has 1 aliphatic heterocycles. The zero-order chi connectivity index (χ0) is 38.2. The molecule has 7 unspecified atom stereocenters. The van der Waals surface area contributed by atoms with Crippen molar-refractivity contribution in [1.29, 1.82) is 0 Å². The van der Waals surface area contributed by atoms with E-state index in [1.54, 1.807) is 0 Å². The lowest BCUT2D eigenvalue weighted by Gasteiger charge is -2.44. The van der Waals surface area contributed by atoms with Crippen molar-refractivity contribution in [2.45, 2.75) is 130 Å². The first kappa shape index (κ1) is 43.5. The van der Waals surface area contributed by atoms with Gasteiger partial charge >= 0.3 is 0 Å². The van der Waals surface area contributed by atoms with Crippen LogP contribution in [0.4, 0.5) is 0 Å². The zero-order valence-corrected chi connectivity index (χ0v) is 33.4. The van der Waals surface area contributed by atoms with Crippen LogP contribution in [0, 0.1) is 18.4 Å². The summed E-state index contributed by atoms with van der Waals surface area (Å²) < 4.78 is 27.1. The molecule has 1 heterocycles. The van der Waals surface area contributed by atoms with Gasteiger partial charge in [0, 0.05) is 45.5 Å². The molecule has 52 heavy (non-hydrogen) atoms. The molecule has 0 radical (unpaired) electrons. The van der Waals surface area contributed by atoms with E-state index in [0.717, 1.165) is 43.2 Å². The lowest BCUT2D eigenvalue weighted by molar-refractivity contribution is -0.234. The molecule has 2 aliphatic rings. The Morgan fingerprint density at radius 3 is 2.29 bits per heavy atom. The summed E-state index contributed by atoms with van der Waals surface area (Å²) in [6, 6.07) is 7.61. The number of fused-ring (bicyclic) bond motifs is 1. The second kappa shape index (κ2) is 22.3. The molecule has 0 spiro atoms. The van der Waals surface area contributed by atoms with Gasteiger partial charge in [0.15, 0.2) is 6.29 Å². The summed E-state index contributed by atoms with van der Waals surface area (Å²) in [7, 11) is -1.24. The normalized spacial score (nSPS) is 22.4. The monoisotopic (exact) mass is 743 g/mol. The van der Waals surface area contributed by atoms with E-state index in [1.165, 1.54) is 19.4 Å². The van der Waals surface area contributed by atoms with Crippen LogP contribution >= 0.6 is 8.53 Å². The lowest BCUT2D eigenvalue weighted by Crippen LogP contribution is -2.59. The summed E-state index contributed by atoms with van der Waals surface area (Å²) >= 11 is 0. The van der Waals surface area contributed by atoms with Crippen LogP contribution in [-0.4, -0.2) is 91.9 Å². The maximum Gasteiger partial charge on any atom is 0.259 e. The predicted molar refractivity (Wildman–Crippen MR) is 205 cm³/mol. The van der Waals surface area contributed by atoms with Crippen molar-refractivity contribution in [1.82, 2.24) is 20.6 Å². The number of amides is 3. The minimum atomic E-state index is -1.24. The fourth-order valence-electron chi connectivity index (χ4n) is 6.86. The van der Waals surface area contributed by atoms with E-state index in [-0.39, 0.29) is 60.3 Å². The molecule has 290 valence electrons. The maximum absolute atomic E-state index is 13.5. The molecule has 3 N–H and O–H groups in total. The predicted octanol–water partition coefficient (Wildman–Crippen LogP) is 6.01. The minimum Gasteiger partial charge on any atom is -0.352 e. The molecule has 1 aromatic carbocycles. The summed E-state index contributed by atoms with van der Waals surface area (Å²) in [5.41, 5.74) is 3.39. The highest BCUT2D eigenvalue weighted by Crippen LogP contribution is 2.46. The molecule has 1 saturated heterocycles. The van der Waals surface area contributed by atoms with Gasteiger partial charge in [-0.05, 0) is 75.5 Å². The molecule has 0 aromatic heterocycles. The number of hydrogen-bond donors (Lipinski definition) is 3. The second-order valence-corrected chi connectivity index (χ2v) is 15.9. The highest BCUT2D eigenvalue weighted by molar-refractivity contribution is 7.44. The summed E-state index contributed by atoms with van der Waals surface area (Å²) in [6.07, 6.45) is 5.91. The van der Waals surface area contributed by atoms with Crippen LogP contribution in [0.25, 0.3) is 10.4 Å². The van der Waals surface area contributed by atoms with E-state index in [9.17, 15) is 14.4 Å². The summed E-state index contributed by atoms with van der Waals surface area (Å²) in [5, 5.41) is 8.90.